The smallest absolute Gasteiger partial charge is 0.407 e. The van der Waals surface area contributed by atoms with Gasteiger partial charge in [-0.2, -0.15) is 5.10 Å². The van der Waals surface area contributed by atoms with E-state index in [2.05, 4.69) is 20.3 Å². The predicted octanol–water partition coefficient (Wildman–Crippen LogP) is 0.913. The quantitative estimate of drug-likeness (QED) is 0.856. The molecule has 1 saturated heterocycles. The molecule has 3 heterocycles. The van der Waals surface area contributed by atoms with Crippen molar-refractivity contribution in [1.82, 2.24) is 24.8 Å². The van der Waals surface area contributed by atoms with Gasteiger partial charge in [-0.25, -0.2) is 14.3 Å². The van der Waals surface area contributed by atoms with Crippen LogP contribution in [0.2, 0.25) is 0 Å². The Labute approximate surface area is 145 Å². The van der Waals surface area contributed by atoms with Crippen LogP contribution in [0.15, 0.2) is 18.5 Å². The third kappa shape index (κ3) is 3.09. The van der Waals surface area contributed by atoms with E-state index in [1.54, 1.807) is 17.8 Å². The molecule has 2 aromatic rings. The Balaban J connectivity index is 1.91. The van der Waals surface area contributed by atoms with Crippen molar-refractivity contribution in [3.8, 4) is 0 Å². The zero-order valence-electron chi connectivity index (χ0n) is 14.5. The largest absolute Gasteiger partial charge is 0.465 e. The van der Waals surface area contributed by atoms with Gasteiger partial charge >= 0.3 is 6.09 Å². The van der Waals surface area contributed by atoms with E-state index < -0.39 is 6.09 Å². The number of hydrogen-bond acceptors (Lipinski definition) is 5. The molecule has 1 atom stereocenters. The van der Waals surface area contributed by atoms with Gasteiger partial charge in [0.25, 0.3) is 5.91 Å². The second-order valence-corrected chi connectivity index (χ2v) is 6.42. The van der Waals surface area contributed by atoms with Crippen molar-refractivity contribution in [2.45, 2.75) is 19.9 Å². The van der Waals surface area contributed by atoms with Gasteiger partial charge in [0.2, 0.25) is 0 Å². The van der Waals surface area contributed by atoms with Crippen molar-refractivity contribution >= 4 is 23.5 Å². The van der Waals surface area contributed by atoms with E-state index in [-0.39, 0.29) is 17.9 Å². The van der Waals surface area contributed by atoms with Crippen molar-refractivity contribution in [3.05, 3.63) is 24.0 Å². The van der Waals surface area contributed by atoms with Crippen molar-refractivity contribution in [2.75, 3.05) is 31.6 Å². The van der Waals surface area contributed by atoms with E-state index in [9.17, 15) is 14.7 Å². The number of hydrogen-bond donors (Lipinski definition) is 2. The second-order valence-electron chi connectivity index (χ2n) is 6.42. The van der Waals surface area contributed by atoms with Crippen LogP contribution in [0, 0.1) is 5.92 Å². The minimum atomic E-state index is -0.889. The van der Waals surface area contributed by atoms with E-state index >= 15 is 0 Å². The molecule has 0 radical (unpaired) electrons. The minimum Gasteiger partial charge on any atom is -0.465 e. The molecule has 0 aromatic carbocycles. The van der Waals surface area contributed by atoms with E-state index in [1.807, 2.05) is 19.9 Å². The fraction of sp³-hybridized carbons (Fsp3) is 0.500. The lowest BCUT2D eigenvalue weighted by Gasteiger charge is -2.42. The lowest BCUT2D eigenvalue weighted by Crippen LogP contribution is -2.57. The number of nitrogens with zero attached hydrogens (tertiary/aromatic N) is 5. The van der Waals surface area contributed by atoms with Gasteiger partial charge in [-0.05, 0) is 12.0 Å². The molecule has 9 nitrogen and oxygen atoms in total. The van der Waals surface area contributed by atoms with E-state index in [4.69, 9.17) is 0 Å². The first-order valence-corrected chi connectivity index (χ1v) is 8.23. The Morgan fingerprint density at radius 2 is 2.12 bits per heavy atom. The number of carboxylic acid groups (broad SMARTS) is 1. The van der Waals surface area contributed by atoms with E-state index in [0.29, 0.717) is 36.7 Å². The van der Waals surface area contributed by atoms with Gasteiger partial charge in [-0.3, -0.25) is 4.79 Å². The first kappa shape index (κ1) is 17.0. The van der Waals surface area contributed by atoms with Crippen LogP contribution in [0.4, 0.5) is 10.6 Å². The molecular weight excluding hydrogens is 324 g/mol. The number of piperazine rings is 1. The first-order valence-electron chi connectivity index (χ1n) is 8.23. The fourth-order valence-electron chi connectivity index (χ4n) is 3.16. The molecule has 0 saturated carbocycles. The van der Waals surface area contributed by atoms with Crippen molar-refractivity contribution in [3.63, 3.8) is 0 Å². The van der Waals surface area contributed by atoms with Gasteiger partial charge in [-0.1, -0.05) is 13.8 Å². The maximum atomic E-state index is 11.9. The number of fused-ring (bicyclic) bond motifs is 1. The summed E-state index contributed by atoms with van der Waals surface area (Å²) >= 11 is 0. The van der Waals surface area contributed by atoms with Gasteiger partial charge in [0.05, 0.1) is 12.2 Å². The Kier molecular flexibility index (Phi) is 4.47. The number of rotatable bonds is 3. The second kappa shape index (κ2) is 6.58. The number of anilines is 1. The third-order valence-electron chi connectivity index (χ3n) is 4.58. The van der Waals surface area contributed by atoms with Crippen LogP contribution in [0.25, 0.3) is 5.65 Å². The lowest BCUT2D eigenvalue weighted by atomic mass is 10.00. The van der Waals surface area contributed by atoms with Crippen LogP contribution in [0.5, 0.6) is 0 Å². The molecule has 0 bridgehead atoms. The van der Waals surface area contributed by atoms with Gasteiger partial charge in [0.1, 0.15) is 11.4 Å². The average Bonchev–Trinajstić information content (AvgIpc) is 3.03. The number of carbonyl (C=O) groups is 2. The summed E-state index contributed by atoms with van der Waals surface area (Å²) in [5, 5.41) is 16.1. The molecule has 25 heavy (non-hydrogen) atoms. The molecule has 3 rings (SSSR count). The Bertz CT molecular complexity index is 802. The molecule has 1 fully saturated rings. The van der Waals surface area contributed by atoms with Gasteiger partial charge in [0.15, 0.2) is 5.65 Å². The molecule has 1 unspecified atom stereocenters. The molecule has 2 aromatic heterocycles. The van der Waals surface area contributed by atoms with Gasteiger partial charge < -0.3 is 20.2 Å². The number of nitrogens with one attached hydrogen (secondary N) is 1. The van der Waals surface area contributed by atoms with Crippen LogP contribution in [0.3, 0.4) is 0 Å². The van der Waals surface area contributed by atoms with Crippen LogP contribution in [-0.2, 0) is 0 Å². The fourth-order valence-corrected chi connectivity index (χ4v) is 3.16. The Morgan fingerprint density at radius 1 is 1.36 bits per heavy atom. The highest BCUT2D eigenvalue weighted by molar-refractivity contribution is 5.99. The molecular formula is C16H22N6O3. The molecule has 134 valence electrons. The number of carbonyl (C=O) groups excluding carboxylic acids is 1. The van der Waals surface area contributed by atoms with Crippen LogP contribution >= 0.6 is 0 Å². The van der Waals surface area contributed by atoms with Crippen molar-refractivity contribution in [2.24, 2.45) is 5.92 Å². The molecule has 1 aliphatic heterocycles. The topological polar surface area (TPSA) is 103 Å². The summed E-state index contributed by atoms with van der Waals surface area (Å²) in [6.07, 6.45) is 2.36. The van der Waals surface area contributed by atoms with Crippen LogP contribution < -0.4 is 10.2 Å². The van der Waals surface area contributed by atoms with Crippen molar-refractivity contribution in [1.29, 1.82) is 0 Å². The van der Waals surface area contributed by atoms with Crippen LogP contribution in [-0.4, -0.2) is 69.3 Å². The highest BCUT2D eigenvalue weighted by Crippen LogP contribution is 2.22. The van der Waals surface area contributed by atoms with E-state index in [1.165, 1.54) is 11.1 Å². The minimum absolute atomic E-state index is 0.104. The molecule has 1 aliphatic rings. The molecule has 0 aliphatic carbocycles. The standard InChI is InChI=1S/C16H22N6O3/c1-10(2)12-9-20(6-7-21(12)16(24)25)13-4-5-22-14(19-13)11(8-18-22)15(23)17-3/h4-5,8,10,12H,6-7,9H2,1-3H3,(H,17,23)(H,24,25). The summed E-state index contributed by atoms with van der Waals surface area (Å²) in [6.45, 7) is 5.58. The number of amides is 2. The molecule has 2 N–H and O–H groups in total. The van der Waals surface area contributed by atoms with Gasteiger partial charge in [-0.15, -0.1) is 0 Å². The average molecular weight is 346 g/mol. The lowest BCUT2D eigenvalue weighted by molar-refractivity contribution is 0.0963. The summed E-state index contributed by atoms with van der Waals surface area (Å²) in [7, 11) is 1.56. The summed E-state index contributed by atoms with van der Waals surface area (Å²) in [6, 6.07) is 1.73. The predicted molar refractivity (Wildman–Crippen MR) is 91.9 cm³/mol. The first-order chi connectivity index (χ1) is 11.9. The summed E-state index contributed by atoms with van der Waals surface area (Å²) < 4.78 is 1.56. The van der Waals surface area contributed by atoms with Crippen LogP contribution in [0.1, 0.15) is 24.2 Å². The maximum Gasteiger partial charge on any atom is 0.407 e. The normalized spacial score (nSPS) is 18.0. The van der Waals surface area contributed by atoms with Crippen molar-refractivity contribution < 1.29 is 14.7 Å². The van der Waals surface area contributed by atoms with E-state index in [0.717, 1.165) is 0 Å². The molecule has 9 heteroatoms. The highest BCUT2D eigenvalue weighted by atomic mass is 16.4. The SMILES string of the molecule is CNC(=O)c1cnn2ccc(N3CCN(C(=O)O)C(C(C)C)C3)nc12. The number of aromatic nitrogens is 3. The zero-order chi connectivity index (χ0) is 18.1. The maximum absolute atomic E-state index is 11.9. The Morgan fingerprint density at radius 3 is 2.76 bits per heavy atom. The summed E-state index contributed by atoms with van der Waals surface area (Å²) in [5.74, 6) is 0.670. The third-order valence-corrected chi connectivity index (χ3v) is 4.58. The highest BCUT2D eigenvalue weighted by Gasteiger charge is 2.33. The zero-order valence-corrected chi connectivity index (χ0v) is 14.5. The van der Waals surface area contributed by atoms with Gasteiger partial charge in [0, 0.05) is 32.9 Å². The monoisotopic (exact) mass is 346 g/mol. The summed E-state index contributed by atoms with van der Waals surface area (Å²) in [5.41, 5.74) is 0.896. The summed E-state index contributed by atoms with van der Waals surface area (Å²) in [4.78, 5) is 31.5. The Hall–Kier alpha value is -2.84. The molecule has 2 amide bonds. The molecule has 0 spiro atoms.